The molecule has 0 unspecified atom stereocenters. The average molecular weight is 494 g/mol. The standard InChI is InChI=1S/C24H20BrN3O4/c1-15-6-5-8-17(12-15)24(31)32-21-9-4-3-7-18(21)14-26-28-23(30)22(29)27-20-11-10-19(25)13-16(20)2/h3-14H,1-2H3,(H,27,29)(H,28,30)/b26-14+. The quantitative estimate of drug-likeness (QED) is 0.181. The molecule has 0 heterocycles. The number of para-hydroxylation sites is 1. The third-order valence-electron chi connectivity index (χ3n) is 4.39. The number of carbonyl (C=O) groups excluding carboxylic acids is 3. The lowest BCUT2D eigenvalue weighted by Gasteiger charge is -2.08. The van der Waals surface area contributed by atoms with Crippen molar-refractivity contribution in [2.75, 3.05) is 5.32 Å². The highest BCUT2D eigenvalue weighted by Crippen LogP contribution is 2.20. The van der Waals surface area contributed by atoms with Crippen LogP contribution >= 0.6 is 15.9 Å². The summed E-state index contributed by atoms with van der Waals surface area (Å²) in [5.74, 6) is -2.03. The van der Waals surface area contributed by atoms with Crippen molar-refractivity contribution in [3.63, 3.8) is 0 Å². The summed E-state index contributed by atoms with van der Waals surface area (Å²) in [6, 6.07) is 19.0. The summed E-state index contributed by atoms with van der Waals surface area (Å²) in [6.45, 7) is 3.69. The van der Waals surface area contributed by atoms with Crippen LogP contribution in [0, 0.1) is 13.8 Å². The van der Waals surface area contributed by atoms with Crippen LogP contribution in [0.15, 0.2) is 76.3 Å². The summed E-state index contributed by atoms with van der Waals surface area (Å²) in [6.07, 6.45) is 1.30. The van der Waals surface area contributed by atoms with Gasteiger partial charge in [-0.15, -0.1) is 0 Å². The summed E-state index contributed by atoms with van der Waals surface area (Å²) < 4.78 is 6.33. The lowest BCUT2D eigenvalue weighted by molar-refractivity contribution is -0.136. The number of hydrogen-bond acceptors (Lipinski definition) is 5. The van der Waals surface area contributed by atoms with Crippen LogP contribution in [0.5, 0.6) is 5.75 Å². The molecular weight excluding hydrogens is 474 g/mol. The fraction of sp³-hybridized carbons (Fsp3) is 0.0833. The molecule has 3 aromatic carbocycles. The molecule has 0 saturated heterocycles. The SMILES string of the molecule is Cc1cccc(C(=O)Oc2ccccc2/C=N/NC(=O)C(=O)Nc2ccc(Br)cc2C)c1. The second-order valence-corrected chi connectivity index (χ2v) is 7.82. The van der Waals surface area contributed by atoms with Gasteiger partial charge in [-0.2, -0.15) is 5.10 Å². The Morgan fingerprint density at radius 2 is 1.72 bits per heavy atom. The van der Waals surface area contributed by atoms with E-state index in [-0.39, 0.29) is 5.75 Å². The highest BCUT2D eigenvalue weighted by Gasteiger charge is 2.15. The zero-order valence-electron chi connectivity index (χ0n) is 17.4. The topological polar surface area (TPSA) is 96.9 Å². The number of anilines is 1. The fourth-order valence-electron chi connectivity index (χ4n) is 2.77. The van der Waals surface area contributed by atoms with Gasteiger partial charge in [0, 0.05) is 15.7 Å². The average Bonchev–Trinajstić information content (AvgIpc) is 2.76. The summed E-state index contributed by atoms with van der Waals surface area (Å²) >= 11 is 3.34. The van der Waals surface area contributed by atoms with Gasteiger partial charge in [-0.25, -0.2) is 10.2 Å². The van der Waals surface area contributed by atoms with E-state index in [2.05, 4.69) is 31.8 Å². The predicted octanol–water partition coefficient (Wildman–Crippen LogP) is 4.37. The minimum atomic E-state index is -0.933. The molecule has 2 N–H and O–H groups in total. The van der Waals surface area contributed by atoms with Crippen LogP contribution in [0.4, 0.5) is 5.69 Å². The van der Waals surface area contributed by atoms with Crippen LogP contribution in [0.25, 0.3) is 0 Å². The molecule has 0 saturated carbocycles. The number of nitrogens with one attached hydrogen (secondary N) is 2. The van der Waals surface area contributed by atoms with Crippen molar-refractivity contribution in [1.82, 2.24) is 5.43 Å². The smallest absolute Gasteiger partial charge is 0.343 e. The number of carbonyl (C=O) groups is 3. The van der Waals surface area contributed by atoms with Gasteiger partial charge in [0.25, 0.3) is 0 Å². The molecule has 3 aromatic rings. The van der Waals surface area contributed by atoms with Crippen LogP contribution in [-0.2, 0) is 9.59 Å². The first-order chi connectivity index (χ1) is 15.3. The minimum Gasteiger partial charge on any atom is -0.422 e. The van der Waals surface area contributed by atoms with Crippen molar-refractivity contribution < 1.29 is 19.1 Å². The van der Waals surface area contributed by atoms with Gasteiger partial charge in [0.05, 0.1) is 11.8 Å². The molecule has 32 heavy (non-hydrogen) atoms. The van der Waals surface area contributed by atoms with E-state index in [9.17, 15) is 14.4 Å². The number of rotatable bonds is 5. The maximum Gasteiger partial charge on any atom is 0.343 e. The predicted molar refractivity (Wildman–Crippen MR) is 126 cm³/mol. The number of benzene rings is 3. The van der Waals surface area contributed by atoms with Gasteiger partial charge in [-0.3, -0.25) is 9.59 Å². The van der Waals surface area contributed by atoms with Crippen LogP contribution in [0.3, 0.4) is 0 Å². The van der Waals surface area contributed by atoms with E-state index in [4.69, 9.17) is 4.74 Å². The Balaban J connectivity index is 1.63. The Hall–Kier alpha value is -3.78. The molecule has 8 heteroatoms. The molecule has 3 rings (SSSR count). The van der Waals surface area contributed by atoms with Gasteiger partial charge in [0.1, 0.15) is 5.75 Å². The summed E-state index contributed by atoms with van der Waals surface area (Å²) in [7, 11) is 0. The van der Waals surface area contributed by atoms with E-state index < -0.39 is 17.8 Å². The molecule has 0 aromatic heterocycles. The van der Waals surface area contributed by atoms with E-state index >= 15 is 0 Å². The molecule has 0 aliphatic heterocycles. The number of aryl methyl sites for hydroxylation is 2. The van der Waals surface area contributed by atoms with Crippen molar-refractivity contribution in [3.05, 3.63) is 93.5 Å². The van der Waals surface area contributed by atoms with Gasteiger partial charge in [-0.1, -0.05) is 45.8 Å². The highest BCUT2D eigenvalue weighted by molar-refractivity contribution is 9.10. The van der Waals surface area contributed by atoms with Gasteiger partial charge >= 0.3 is 17.8 Å². The van der Waals surface area contributed by atoms with E-state index in [1.54, 1.807) is 54.6 Å². The van der Waals surface area contributed by atoms with Crippen molar-refractivity contribution >= 4 is 45.6 Å². The van der Waals surface area contributed by atoms with Crippen LogP contribution in [0.1, 0.15) is 27.0 Å². The Morgan fingerprint density at radius 1 is 0.938 bits per heavy atom. The molecule has 7 nitrogen and oxygen atoms in total. The molecule has 0 atom stereocenters. The Kier molecular flexibility index (Phi) is 7.51. The number of nitrogens with zero attached hydrogens (tertiary/aromatic N) is 1. The number of hydrazone groups is 1. The first-order valence-electron chi connectivity index (χ1n) is 9.62. The third kappa shape index (κ3) is 6.12. The third-order valence-corrected chi connectivity index (χ3v) is 4.88. The van der Waals surface area contributed by atoms with Gasteiger partial charge in [0.2, 0.25) is 0 Å². The molecule has 0 bridgehead atoms. The van der Waals surface area contributed by atoms with Gasteiger partial charge < -0.3 is 10.1 Å². The molecule has 0 aliphatic rings. The van der Waals surface area contributed by atoms with Crippen LogP contribution < -0.4 is 15.5 Å². The summed E-state index contributed by atoms with van der Waals surface area (Å²) in [5.41, 5.74) is 5.31. The van der Waals surface area contributed by atoms with Crippen molar-refractivity contribution in [2.45, 2.75) is 13.8 Å². The zero-order chi connectivity index (χ0) is 23.1. The van der Waals surface area contributed by atoms with Crippen molar-refractivity contribution in [3.8, 4) is 5.75 Å². The van der Waals surface area contributed by atoms with Gasteiger partial charge in [0.15, 0.2) is 0 Å². The van der Waals surface area contributed by atoms with E-state index in [1.807, 2.05) is 26.0 Å². The molecule has 0 radical (unpaired) electrons. The Labute approximate surface area is 193 Å². The number of hydrogen-bond donors (Lipinski definition) is 2. The number of ether oxygens (including phenoxy) is 1. The summed E-state index contributed by atoms with van der Waals surface area (Å²) in [4.78, 5) is 36.6. The maximum atomic E-state index is 12.4. The van der Waals surface area contributed by atoms with Crippen molar-refractivity contribution in [2.24, 2.45) is 5.10 Å². The second-order valence-electron chi connectivity index (χ2n) is 6.91. The Morgan fingerprint density at radius 3 is 2.47 bits per heavy atom. The molecule has 162 valence electrons. The number of halogens is 1. The lowest BCUT2D eigenvalue weighted by Crippen LogP contribution is -2.32. The highest BCUT2D eigenvalue weighted by atomic mass is 79.9. The Bertz CT molecular complexity index is 1210. The first kappa shape index (κ1) is 22.9. The molecular formula is C24H20BrN3O4. The minimum absolute atomic E-state index is 0.270. The molecule has 0 aliphatic carbocycles. The zero-order valence-corrected chi connectivity index (χ0v) is 19.0. The first-order valence-corrected chi connectivity index (χ1v) is 10.4. The normalized spacial score (nSPS) is 10.6. The molecule has 2 amide bonds. The maximum absolute atomic E-state index is 12.4. The monoisotopic (exact) mass is 493 g/mol. The summed E-state index contributed by atoms with van der Waals surface area (Å²) in [5, 5.41) is 6.34. The van der Waals surface area contributed by atoms with E-state index in [0.717, 1.165) is 15.6 Å². The number of esters is 1. The van der Waals surface area contributed by atoms with Crippen molar-refractivity contribution in [1.29, 1.82) is 0 Å². The van der Waals surface area contributed by atoms with Crippen LogP contribution in [0.2, 0.25) is 0 Å². The fourth-order valence-corrected chi connectivity index (χ4v) is 3.24. The molecule has 0 fully saturated rings. The van der Waals surface area contributed by atoms with Crippen LogP contribution in [-0.4, -0.2) is 24.0 Å². The van der Waals surface area contributed by atoms with Gasteiger partial charge in [-0.05, 0) is 61.9 Å². The van der Waals surface area contributed by atoms with E-state index in [0.29, 0.717) is 16.8 Å². The number of amides is 2. The largest absolute Gasteiger partial charge is 0.422 e. The van der Waals surface area contributed by atoms with E-state index in [1.165, 1.54) is 6.21 Å². The lowest BCUT2D eigenvalue weighted by atomic mass is 10.1. The second kappa shape index (κ2) is 10.5. The molecule has 0 spiro atoms.